The molecule has 0 amide bonds. The lowest BCUT2D eigenvalue weighted by atomic mass is 9.73. The second-order valence-corrected chi connectivity index (χ2v) is 5.63. The Morgan fingerprint density at radius 1 is 1.44 bits per heavy atom. The monoisotopic (exact) mass is 288 g/mol. The van der Waals surface area contributed by atoms with Crippen LogP contribution < -0.4 is 11.3 Å². The van der Waals surface area contributed by atoms with E-state index < -0.39 is 0 Å². The summed E-state index contributed by atoms with van der Waals surface area (Å²) in [7, 11) is 1.74. The summed E-state index contributed by atoms with van der Waals surface area (Å²) < 4.78 is 5.65. The van der Waals surface area contributed by atoms with E-state index in [0.29, 0.717) is 16.5 Å². The number of rotatable bonds is 5. The van der Waals surface area contributed by atoms with E-state index in [2.05, 4.69) is 5.43 Å². The van der Waals surface area contributed by atoms with Crippen LogP contribution in [-0.4, -0.2) is 18.8 Å². The van der Waals surface area contributed by atoms with Crippen molar-refractivity contribution < 1.29 is 4.74 Å². The molecule has 0 aliphatic heterocycles. The molecule has 0 spiro atoms. The summed E-state index contributed by atoms with van der Waals surface area (Å²) >= 11 is 12.2. The number of hydrogen-bond donors (Lipinski definition) is 2. The third kappa shape index (κ3) is 2.65. The van der Waals surface area contributed by atoms with Gasteiger partial charge in [0.05, 0.1) is 11.6 Å². The van der Waals surface area contributed by atoms with Gasteiger partial charge >= 0.3 is 0 Å². The first kappa shape index (κ1) is 14.1. The van der Waals surface area contributed by atoms with Gasteiger partial charge in [-0.05, 0) is 49.4 Å². The Hall–Kier alpha value is -0.320. The first-order valence-corrected chi connectivity index (χ1v) is 6.82. The molecule has 1 saturated carbocycles. The number of methoxy groups -OCH3 is 1. The Morgan fingerprint density at radius 2 is 2.17 bits per heavy atom. The first-order valence-electron chi connectivity index (χ1n) is 6.06. The molecule has 3 N–H and O–H groups in total. The number of hydrazine groups is 1. The molecule has 1 fully saturated rings. The fraction of sp³-hybridized carbons (Fsp3) is 0.538. The molecule has 2 rings (SSSR count). The Labute approximate surface area is 118 Å². The fourth-order valence-electron chi connectivity index (χ4n) is 2.54. The molecule has 0 bridgehead atoms. The fourth-order valence-corrected chi connectivity index (χ4v) is 2.93. The summed E-state index contributed by atoms with van der Waals surface area (Å²) in [6.45, 7) is 0. The van der Waals surface area contributed by atoms with E-state index in [4.69, 9.17) is 33.8 Å². The molecule has 0 aromatic heterocycles. The SMILES string of the molecule is COC1(C(Cc2cc(Cl)ccc2Cl)NN)CCC1. The van der Waals surface area contributed by atoms with Crippen molar-refractivity contribution in [1.29, 1.82) is 0 Å². The van der Waals surface area contributed by atoms with Crippen LogP contribution in [-0.2, 0) is 11.2 Å². The van der Waals surface area contributed by atoms with Crippen molar-refractivity contribution in [3.8, 4) is 0 Å². The molecule has 1 atom stereocenters. The second kappa shape index (κ2) is 5.76. The topological polar surface area (TPSA) is 47.3 Å². The van der Waals surface area contributed by atoms with Crippen molar-refractivity contribution in [3.05, 3.63) is 33.8 Å². The summed E-state index contributed by atoms with van der Waals surface area (Å²) in [6, 6.07) is 5.53. The molecular weight excluding hydrogens is 271 g/mol. The molecule has 5 heteroatoms. The van der Waals surface area contributed by atoms with Gasteiger partial charge in [-0.15, -0.1) is 0 Å². The average molecular weight is 289 g/mol. The van der Waals surface area contributed by atoms with Crippen LogP contribution in [0.25, 0.3) is 0 Å². The van der Waals surface area contributed by atoms with E-state index in [1.165, 1.54) is 6.42 Å². The number of nitrogens with one attached hydrogen (secondary N) is 1. The van der Waals surface area contributed by atoms with E-state index in [0.717, 1.165) is 18.4 Å². The molecule has 1 unspecified atom stereocenters. The molecule has 18 heavy (non-hydrogen) atoms. The molecule has 1 aromatic rings. The van der Waals surface area contributed by atoms with E-state index in [9.17, 15) is 0 Å². The van der Waals surface area contributed by atoms with Gasteiger partial charge in [0.2, 0.25) is 0 Å². The van der Waals surface area contributed by atoms with Gasteiger partial charge in [-0.2, -0.15) is 0 Å². The highest BCUT2D eigenvalue weighted by molar-refractivity contribution is 6.33. The Bertz CT molecular complexity index is 416. The molecule has 1 aliphatic rings. The Morgan fingerprint density at radius 3 is 2.67 bits per heavy atom. The molecule has 3 nitrogen and oxygen atoms in total. The van der Waals surface area contributed by atoms with Crippen LogP contribution in [0, 0.1) is 0 Å². The van der Waals surface area contributed by atoms with Crippen LogP contribution in [0.2, 0.25) is 10.0 Å². The van der Waals surface area contributed by atoms with Gasteiger partial charge in [0.1, 0.15) is 0 Å². The molecule has 0 saturated heterocycles. The van der Waals surface area contributed by atoms with Gasteiger partial charge in [0.15, 0.2) is 0 Å². The number of nitrogens with two attached hydrogens (primary N) is 1. The maximum Gasteiger partial charge on any atom is 0.0847 e. The summed E-state index contributed by atoms with van der Waals surface area (Å²) in [5, 5.41) is 1.40. The normalized spacial score (nSPS) is 19.3. The maximum absolute atomic E-state index is 6.18. The van der Waals surface area contributed by atoms with Gasteiger partial charge in [-0.1, -0.05) is 23.2 Å². The van der Waals surface area contributed by atoms with Gasteiger partial charge in [-0.3, -0.25) is 11.3 Å². The van der Waals surface area contributed by atoms with Crippen molar-refractivity contribution in [2.75, 3.05) is 7.11 Å². The highest BCUT2D eigenvalue weighted by Gasteiger charge is 2.44. The minimum absolute atomic E-state index is 0.0483. The predicted molar refractivity (Wildman–Crippen MR) is 74.9 cm³/mol. The lowest BCUT2D eigenvalue weighted by Crippen LogP contribution is -2.59. The molecule has 0 heterocycles. The number of ether oxygens (including phenoxy) is 1. The third-order valence-electron chi connectivity index (χ3n) is 3.87. The van der Waals surface area contributed by atoms with E-state index in [-0.39, 0.29) is 11.6 Å². The molecule has 0 radical (unpaired) electrons. The lowest BCUT2D eigenvalue weighted by molar-refractivity contribution is -0.0982. The van der Waals surface area contributed by atoms with E-state index >= 15 is 0 Å². The van der Waals surface area contributed by atoms with Crippen molar-refractivity contribution in [1.82, 2.24) is 5.43 Å². The van der Waals surface area contributed by atoms with Crippen LogP contribution in [0.5, 0.6) is 0 Å². The smallest absolute Gasteiger partial charge is 0.0847 e. The quantitative estimate of drug-likeness (QED) is 0.647. The summed E-state index contributed by atoms with van der Waals surface area (Å²) in [6.07, 6.45) is 3.94. The predicted octanol–water partition coefficient (Wildman–Crippen LogP) is 2.94. The Kier molecular flexibility index (Phi) is 4.51. The summed E-state index contributed by atoms with van der Waals surface area (Å²) in [5.41, 5.74) is 3.69. The highest BCUT2D eigenvalue weighted by atomic mass is 35.5. The van der Waals surface area contributed by atoms with Crippen LogP contribution in [0.1, 0.15) is 24.8 Å². The lowest BCUT2D eigenvalue weighted by Gasteiger charge is -2.46. The van der Waals surface area contributed by atoms with Crippen LogP contribution in [0.4, 0.5) is 0 Å². The van der Waals surface area contributed by atoms with Crippen molar-refractivity contribution in [2.24, 2.45) is 5.84 Å². The summed E-state index contributed by atoms with van der Waals surface area (Å²) in [5.74, 6) is 5.67. The molecule has 1 aliphatic carbocycles. The number of halogens is 2. The zero-order valence-electron chi connectivity index (χ0n) is 10.4. The van der Waals surface area contributed by atoms with Gasteiger partial charge in [0, 0.05) is 17.2 Å². The minimum Gasteiger partial charge on any atom is -0.377 e. The highest BCUT2D eigenvalue weighted by Crippen LogP contribution is 2.39. The minimum atomic E-state index is -0.166. The third-order valence-corrected chi connectivity index (χ3v) is 4.48. The van der Waals surface area contributed by atoms with Crippen LogP contribution in [0.15, 0.2) is 18.2 Å². The average Bonchev–Trinajstić information content (AvgIpc) is 2.31. The number of benzene rings is 1. The first-order chi connectivity index (χ1) is 8.61. The Balaban J connectivity index is 2.17. The zero-order valence-corrected chi connectivity index (χ0v) is 11.9. The van der Waals surface area contributed by atoms with Crippen molar-refractivity contribution >= 4 is 23.2 Å². The standard InChI is InChI=1S/C13H18Cl2N2O/c1-18-13(5-2-6-13)12(17-16)8-9-7-10(14)3-4-11(9)15/h3-4,7,12,17H,2,5-6,8,16H2,1H3. The maximum atomic E-state index is 6.18. The number of hydrogen-bond acceptors (Lipinski definition) is 3. The van der Waals surface area contributed by atoms with E-state index in [1.54, 1.807) is 13.2 Å². The van der Waals surface area contributed by atoms with Crippen molar-refractivity contribution in [3.63, 3.8) is 0 Å². The summed E-state index contributed by atoms with van der Waals surface area (Å²) in [4.78, 5) is 0. The zero-order chi connectivity index (χ0) is 13.2. The van der Waals surface area contributed by atoms with Gasteiger partial charge < -0.3 is 4.74 Å². The van der Waals surface area contributed by atoms with E-state index in [1.807, 2.05) is 12.1 Å². The molecular formula is C13H18Cl2N2O. The van der Waals surface area contributed by atoms with Crippen LogP contribution in [0.3, 0.4) is 0 Å². The molecule has 100 valence electrons. The molecule has 1 aromatic carbocycles. The van der Waals surface area contributed by atoms with Crippen LogP contribution >= 0.6 is 23.2 Å². The largest absolute Gasteiger partial charge is 0.377 e. The van der Waals surface area contributed by atoms with Crippen molar-refractivity contribution in [2.45, 2.75) is 37.3 Å². The second-order valence-electron chi connectivity index (χ2n) is 4.78. The van der Waals surface area contributed by atoms with Gasteiger partial charge in [-0.25, -0.2) is 0 Å². The van der Waals surface area contributed by atoms with Gasteiger partial charge in [0.25, 0.3) is 0 Å².